The molecule has 0 saturated carbocycles. The van der Waals surface area contributed by atoms with Crippen LogP contribution in [-0.4, -0.2) is 65.9 Å². The van der Waals surface area contributed by atoms with E-state index in [9.17, 15) is 5.11 Å². The first kappa shape index (κ1) is 27.2. The number of aliphatic hydroxyl groups excluding tert-OH is 1. The molecule has 35 heavy (non-hydrogen) atoms. The lowest BCUT2D eigenvalue weighted by Gasteiger charge is -2.25. The van der Waals surface area contributed by atoms with Crippen molar-refractivity contribution in [1.29, 1.82) is 0 Å². The Morgan fingerprint density at radius 1 is 1.06 bits per heavy atom. The van der Waals surface area contributed by atoms with E-state index in [1.165, 1.54) is 0 Å². The molecule has 0 saturated heterocycles. The van der Waals surface area contributed by atoms with Crippen molar-refractivity contribution < 1.29 is 19.3 Å². The van der Waals surface area contributed by atoms with Gasteiger partial charge in [0, 0.05) is 51.0 Å². The van der Waals surface area contributed by atoms with Crippen LogP contribution in [0, 0.1) is 5.92 Å². The molecular formula is C27H36ClN3O4. The summed E-state index contributed by atoms with van der Waals surface area (Å²) in [6.07, 6.45) is -0.622. The average molecular weight is 502 g/mol. The first-order valence-electron chi connectivity index (χ1n) is 11.9. The van der Waals surface area contributed by atoms with E-state index in [0.717, 1.165) is 16.8 Å². The molecule has 0 spiro atoms. The Bertz CT molecular complexity index is 1020. The van der Waals surface area contributed by atoms with Crippen molar-refractivity contribution in [2.75, 3.05) is 40.0 Å². The average Bonchev–Trinajstić information content (AvgIpc) is 3.14. The summed E-state index contributed by atoms with van der Waals surface area (Å²) >= 11 is 6.05. The molecule has 3 rings (SSSR count). The Morgan fingerprint density at radius 2 is 1.77 bits per heavy atom. The van der Waals surface area contributed by atoms with Gasteiger partial charge in [-0.05, 0) is 30.2 Å². The van der Waals surface area contributed by atoms with Crippen LogP contribution in [0.2, 0.25) is 5.02 Å². The maximum atomic E-state index is 10.7. The lowest BCUT2D eigenvalue weighted by molar-refractivity contribution is 0.00329. The smallest absolute Gasteiger partial charge is 0.222 e. The van der Waals surface area contributed by atoms with Gasteiger partial charge in [0.1, 0.15) is 11.4 Å². The van der Waals surface area contributed by atoms with Gasteiger partial charge in [0.15, 0.2) is 0 Å². The molecule has 7 nitrogen and oxygen atoms in total. The van der Waals surface area contributed by atoms with Crippen LogP contribution in [0.1, 0.15) is 19.4 Å². The summed E-state index contributed by atoms with van der Waals surface area (Å²) in [5.74, 6) is 1.73. The van der Waals surface area contributed by atoms with Crippen LogP contribution in [0.15, 0.2) is 54.6 Å². The van der Waals surface area contributed by atoms with Crippen molar-refractivity contribution in [1.82, 2.24) is 14.7 Å². The lowest BCUT2D eigenvalue weighted by Crippen LogP contribution is -2.37. The molecule has 2 aromatic carbocycles. The number of aromatic nitrogens is 2. The molecule has 0 amide bonds. The van der Waals surface area contributed by atoms with E-state index in [1.807, 2.05) is 49.5 Å². The molecular weight excluding hydrogens is 466 g/mol. The normalized spacial score (nSPS) is 12.5. The van der Waals surface area contributed by atoms with E-state index in [4.69, 9.17) is 30.9 Å². The molecule has 0 aliphatic rings. The number of aryl methyl sites for hydroxylation is 1. The van der Waals surface area contributed by atoms with Crippen LogP contribution in [0.5, 0.6) is 11.6 Å². The lowest BCUT2D eigenvalue weighted by atomic mass is 10.1. The van der Waals surface area contributed by atoms with Gasteiger partial charge in [-0.1, -0.05) is 55.8 Å². The minimum absolute atomic E-state index is 0.286. The number of rotatable bonds is 14. The number of benzene rings is 2. The van der Waals surface area contributed by atoms with Gasteiger partial charge in [0.2, 0.25) is 5.88 Å². The highest BCUT2D eigenvalue weighted by atomic mass is 35.5. The van der Waals surface area contributed by atoms with Gasteiger partial charge < -0.3 is 19.3 Å². The fraction of sp³-hybridized carbons (Fsp3) is 0.444. The highest BCUT2D eigenvalue weighted by Gasteiger charge is 2.23. The maximum absolute atomic E-state index is 10.7. The minimum atomic E-state index is -0.622. The van der Waals surface area contributed by atoms with Crippen LogP contribution in [0.3, 0.4) is 0 Å². The molecule has 1 heterocycles. The van der Waals surface area contributed by atoms with Gasteiger partial charge in [-0.3, -0.25) is 4.90 Å². The largest absolute Gasteiger partial charge is 0.439 e. The topological polar surface area (TPSA) is 69.0 Å². The van der Waals surface area contributed by atoms with Crippen molar-refractivity contribution >= 4 is 11.6 Å². The van der Waals surface area contributed by atoms with Crippen LogP contribution in [0.4, 0.5) is 0 Å². The summed E-state index contributed by atoms with van der Waals surface area (Å²) in [4.78, 5) is 2.14. The Kier molecular flexibility index (Phi) is 10.6. The number of aliphatic hydroxyl groups is 1. The van der Waals surface area contributed by atoms with Gasteiger partial charge in [-0.15, -0.1) is 0 Å². The molecule has 0 fully saturated rings. The molecule has 0 radical (unpaired) electrons. The van der Waals surface area contributed by atoms with Crippen molar-refractivity contribution in [2.45, 2.75) is 26.5 Å². The van der Waals surface area contributed by atoms with E-state index < -0.39 is 6.10 Å². The zero-order chi connectivity index (χ0) is 25.2. The first-order valence-corrected chi connectivity index (χ1v) is 12.3. The molecule has 0 aliphatic heterocycles. The molecule has 0 unspecified atom stereocenters. The van der Waals surface area contributed by atoms with Gasteiger partial charge in [-0.25, -0.2) is 4.68 Å². The fourth-order valence-corrected chi connectivity index (χ4v) is 3.86. The van der Waals surface area contributed by atoms with E-state index in [1.54, 1.807) is 23.9 Å². The van der Waals surface area contributed by atoms with Crippen molar-refractivity contribution in [3.05, 3.63) is 65.2 Å². The molecule has 1 atom stereocenters. The van der Waals surface area contributed by atoms with Crippen LogP contribution in [-0.2, 0) is 23.1 Å². The standard InChI is InChI=1S/C27H36ClN3O4/c1-20(2)18-34-19-23(32)16-31(14-15-33-4)17-25-26(21-8-6-5-7-9-21)29-30(3)27(25)35-24-12-10-22(28)11-13-24/h5-13,20,23,32H,14-19H2,1-4H3/t23-/m1/s1. The van der Waals surface area contributed by atoms with E-state index in [2.05, 4.69) is 18.7 Å². The summed E-state index contributed by atoms with van der Waals surface area (Å²) in [5, 5.41) is 16.1. The van der Waals surface area contributed by atoms with E-state index in [-0.39, 0.29) is 6.61 Å². The third-order valence-corrected chi connectivity index (χ3v) is 5.64. The Labute approximate surface area is 213 Å². The van der Waals surface area contributed by atoms with E-state index in [0.29, 0.717) is 55.4 Å². The number of methoxy groups -OCH3 is 1. The molecule has 0 bridgehead atoms. The summed E-state index contributed by atoms with van der Waals surface area (Å²) < 4.78 is 19.1. The van der Waals surface area contributed by atoms with E-state index >= 15 is 0 Å². The first-order chi connectivity index (χ1) is 16.9. The molecule has 190 valence electrons. The zero-order valence-electron chi connectivity index (χ0n) is 21.0. The second kappa shape index (κ2) is 13.6. The van der Waals surface area contributed by atoms with Crippen LogP contribution < -0.4 is 4.74 Å². The molecule has 8 heteroatoms. The summed E-state index contributed by atoms with van der Waals surface area (Å²) in [7, 11) is 3.55. The molecule has 1 N–H and O–H groups in total. The number of nitrogens with zero attached hydrogens (tertiary/aromatic N) is 3. The highest BCUT2D eigenvalue weighted by Crippen LogP contribution is 2.34. The number of ether oxygens (including phenoxy) is 3. The predicted molar refractivity (Wildman–Crippen MR) is 139 cm³/mol. The third-order valence-electron chi connectivity index (χ3n) is 5.39. The molecule has 0 aliphatic carbocycles. The number of halogens is 1. The van der Waals surface area contributed by atoms with Gasteiger partial charge in [0.05, 0.1) is 24.9 Å². The van der Waals surface area contributed by atoms with Crippen LogP contribution in [0.25, 0.3) is 11.3 Å². The van der Waals surface area contributed by atoms with Gasteiger partial charge in [-0.2, -0.15) is 5.10 Å². The second-order valence-corrected chi connectivity index (χ2v) is 9.43. The molecule has 1 aromatic heterocycles. The van der Waals surface area contributed by atoms with Crippen molar-refractivity contribution in [2.24, 2.45) is 13.0 Å². The third kappa shape index (κ3) is 8.33. The molecule has 3 aromatic rings. The summed E-state index contributed by atoms with van der Waals surface area (Å²) in [6.45, 7) is 7.22. The van der Waals surface area contributed by atoms with Gasteiger partial charge >= 0.3 is 0 Å². The monoisotopic (exact) mass is 501 g/mol. The van der Waals surface area contributed by atoms with Gasteiger partial charge in [0.25, 0.3) is 0 Å². The maximum Gasteiger partial charge on any atom is 0.222 e. The van der Waals surface area contributed by atoms with Crippen LogP contribution >= 0.6 is 11.6 Å². The fourth-order valence-electron chi connectivity index (χ4n) is 3.73. The Morgan fingerprint density at radius 3 is 2.43 bits per heavy atom. The summed E-state index contributed by atoms with van der Waals surface area (Å²) in [5.41, 5.74) is 2.77. The Hall–Kier alpha value is -2.42. The van der Waals surface area contributed by atoms with Crippen molar-refractivity contribution in [3.8, 4) is 22.9 Å². The number of hydrogen-bond donors (Lipinski definition) is 1. The minimum Gasteiger partial charge on any atom is -0.439 e. The summed E-state index contributed by atoms with van der Waals surface area (Å²) in [6, 6.07) is 17.3. The second-order valence-electron chi connectivity index (χ2n) is 8.99. The Balaban J connectivity index is 1.89. The number of hydrogen-bond acceptors (Lipinski definition) is 6. The quantitative estimate of drug-likeness (QED) is 0.334. The zero-order valence-corrected chi connectivity index (χ0v) is 21.7. The SMILES string of the molecule is COCCN(Cc1c(-c2ccccc2)nn(C)c1Oc1ccc(Cl)cc1)C[C@@H](O)COCC(C)C. The predicted octanol–water partition coefficient (Wildman–Crippen LogP) is 5.01. The highest BCUT2D eigenvalue weighted by molar-refractivity contribution is 6.30. The van der Waals surface area contributed by atoms with Crippen molar-refractivity contribution in [3.63, 3.8) is 0 Å².